The van der Waals surface area contributed by atoms with Crippen molar-refractivity contribution >= 4 is 23.1 Å². The number of hydrogen-bond donors (Lipinski definition) is 5. The van der Waals surface area contributed by atoms with Crippen molar-refractivity contribution in [2.24, 2.45) is 11.8 Å². The molecule has 1 unspecified atom stereocenters. The largest absolute Gasteiger partial charge is 0.508 e. The van der Waals surface area contributed by atoms with E-state index in [-0.39, 0.29) is 24.1 Å². The molecule has 5 rings (SSSR count). The molecule has 1 aromatic rings. The lowest BCUT2D eigenvalue weighted by molar-refractivity contribution is -0.154. The van der Waals surface area contributed by atoms with Crippen LogP contribution < -0.4 is 5.32 Å². The topological polar surface area (TPSA) is 147 Å². The van der Waals surface area contributed by atoms with Crippen molar-refractivity contribution in [2.45, 2.75) is 63.4 Å². The van der Waals surface area contributed by atoms with Crippen LogP contribution in [-0.2, 0) is 27.0 Å². The Morgan fingerprint density at radius 2 is 1.90 bits per heavy atom. The van der Waals surface area contributed by atoms with Crippen molar-refractivity contribution in [1.82, 2.24) is 10.2 Å². The number of ketones is 3. The number of carbonyl (C=O) groups excluding carboxylic acids is 3. The summed E-state index contributed by atoms with van der Waals surface area (Å²) in [6, 6.07) is -0.948. The Labute approximate surface area is 228 Å². The highest BCUT2D eigenvalue weighted by molar-refractivity contribution is 6.25. The summed E-state index contributed by atoms with van der Waals surface area (Å²) in [4.78, 5) is 41.1. The third kappa shape index (κ3) is 3.83. The molecule has 1 aliphatic heterocycles. The molecule has 1 heterocycles. The number of likely N-dealkylation sites (N-methyl/N-ethyl adjacent to an activating group) is 1. The summed E-state index contributed by atoms with van der Waals surface area (Å²) >= 11 is 0. The van der Waals surface area contributed by atoms with Gasteiger partial charge in [-0.15, -0.1) is 0 Å². The van der Waals surface area contributed by atoms with Gasteiger partial charge >= 0.3 is 6.18 Å². The van der Waals surface area contributed by atoms with Crippen LogP contribution in [0.15, 0.2) is 23.0 Å². The van der Waals surface area contributed by atoms with Crippen molar-refractivity contribution in [1.29, 1.82) is 0 Å². The van der Waals surface area contributed by atoms with E-state index in [2.05, 4.69) is 5.32 Å². The number of aliphatic hydroxyl groups is 3. The van der Waals surface area contributed by atoms with Crippen LogP contribution in [0.3, 0.4) is 0 Å². The van der Waals surface area contributed by atoms with Crippen molar-refractivity contribution in [3.05, 3.63) is 45.2 Å². The fourth-order valence-corrected chi connectivity index (χ4v) is 7.12. The van der Waals surface area contributed by atoms with Crippen molar-refractivity contribution in [2.75, 3.05) is 20.1 Å². The van der Waals surface area contributed by atoms with Gasteiger partial charge in [-0.3, -0.25) is 19.3 Å². The minimum atomic E-state index is -4.85. The van der Waals surface area contributed by atoms with Gasteiger partial charge in [0.05, 0.1) is 17.2 Å². The summed E-state index contributed by atoms with van der Waals surface area (Å²) in [6.07, 6.45) is -4.44. The van der Waals surface area contributed by atoms with Gasteiger partial charge in [-0.25, -0.2) is 0 Å². The lowest BCUT2D eigenvalue weighted by Gasteiger charge is -2.50. The van der Waals surface area contributed by atoms with E-state index in [4.69, 9.17) is 0 Å². The number of rotatable bonds is 4. The number of halogens is 3. The van der Waals surface area contributed by atoms with E-state index in [0.717, 1.165) is 13.0 Å². The average molecular weight is 565 g/mol. The summed E-state index contributed by atoms with van der Waals surface area (Å²) in [5, 5.41) is 47.8. The number of hydrogen-bond acceptors (Lipinski definition) is 9. The number of carbonyl (C=O) groups is 3. The Bertz CT molecular complexity index is 1390. The van der Waals surface area contributed by atoms with Gasteiger partial charge in [0.2, 0.25) is 5.78 Å². The molecule has 5 atom stereocenters. The zero-order valence-corrected chi connectivity index (χ0v) is 22.2. The van der Waals surface area contributed by atoms with E-state index in [0.29, 0.717) is 19.4 Å². The second kappa shape index (κ2) is 9.42. The molecule has 9 nitrogen and oxygen atoms in total. The van der Waals surface area contributed by atoms with E-state index in [9.17, 15) is 48.0 Å². The standard InChI is InChI=1S/C28H31F3N2O7/c1-4-33(3)22-15-9-12-8-14-20(17(35)10-13(16-6-5-7-32-16)21(14)28(29,30)31)23(36)19(12)26(39)27(15,40)25(38)18(11(2)34)24(22)37/h10,12,15-16,22,32,35-36,38,40H,4-9H2,1-3H3/t12-,15-,16?,22-,27+/m0/s1. The maximum Gasteiger partial charge on any atom is 0.417 e. The lowest BCUT2D eigenvalue weighted by atomic mass is 9.57. The number of benzene rings is 1. The molecule has 0 bridgehead atoms. The Morgan fingerprint density at radius 1 is 1.23 bits per heavy atom. The number of fused-ring (bicyclic) bond motifs is 3. The molecule has 5 N–H and O–H groups in total. The lowest BCUT2D eigenvalue weighted by Crippen LogP contribution is -2.65. The van der Waals surface area contributed by atoms with E-state index in [1.165, 1.54) is 11.9 Å². The molecule has 216 valence electrons. The molecule has 40 heavy (non-hydrogen) atoms. The Balaban J connectivity index is 1.76. The second-order valence-electron chi connectivity index (χ2n) is 11.1. The molecule has 2 fully saturated rings. The first kappa shape index (κ1) is 28.3. The van der Waals surface area contributed by atoms with Crippen molar-refractivity contribution in [3.8, 4) is 5.75 Å². The van der Waals surface area contributed by atoms with Crippen LogP contribution in [-0.4, -0.2) is 74.5 Å². The number of nitrogens with zero attached hydrogens (tertiary/aromatic N) is 1. The SMILES string of the molecule is CCN(C)[C@@H]1C(=O)C(C(C)=O)=C(O)[C@@]2(O)C(=O)C3=C(O)c4c(O)cc(C5CCCN5)c(C(F)(F)F)c4C[C@H]3C[C@@H]12. The number of aliphatic hydroxyl groups excluding tert-OH is 2. The number of phenolic OH excluding ortho intramolecular Hbond substituents is 1. The number of alkyl halides is 3. The quantitative estimate of drug-likeness (QED) is 0.348. The molecule has 0 radical (unpaired) electrons. The van der Waals surface area contributed by atoms with Crippen LogP contribution in [0.5, 0.6) is 5.75 Å². The molecule has 0 aromatic heterocycles. The third-order valence-corrected chi connectivity index (χ3v) is 9.00. The summed E-state index contributed by atoms with van der Waals surface area (Å²) in [7, 11) is 1.53. The van der Waals surface area contributed by atoms with Crippen LogP contribution in [0.2, 0.25) is 0 Å². The summed E-state index contributed by atoms with van der Waals surface area (Å²) < 4.78 is 43.7. The van der Waals surface area contributed by atoms with Crippen molar-refractivity contribution < 1.29 is 48.0 Å². The fraction of sp³-hybridized carbons (Fsp3) is 0.536. The second-order valence-corrected chi connectivity index (χ2v) is 11.1. The Kier molecular flexibility index (Phi) is 6.67. The molecular formula is C28H31F3N2O7. The van der Waals surface area contributed by atoms with E-state index < -0.39 is 99.0 Å². The summed E-state index contributed by atoms with van der Waals surface area (Å²) in [5.41, 5.74) is -6.05. The first-order valence-corrected chi connectivity index (χ1v) is 13.2. The van der Waals surface area contributed by atoms with E-state index in [1.54, 1.807) is 6.92 Å². The molecule has 4 aliphatic rings. The van der Waals surface area contributed by atoms with Crippen molar-refractivity contribution in [3.63, 3.8) is 0 Å². The maximum absolute atomic E-state index is 14.6. The van der Waals surface area contributed by atoms with Crippen LogP contribution in [0, 0.1) is 11.8 Å². The van der Waals surface area contributed by atoms with Crippen LogP contribution in [0.1, 0.15) is 61.4 Å². The Hall–Kier alpha value is -3.22. The zero-order valence-electron chi connectivity index (χ0n) is 22.2. The monoisotopic (exact) mass is 564 g/mol. The molecule has 0 amide bonds. The highest BCUT2D eigenvalue weighted by Gasteiger charge is 2.64. The first-order chi connectivity index (χ1) is 18.7. The fourth-order valence-electron chi connectivity index (χ4n) is 7.12. The van der Waals surface area contributed by atoms with E-state index >= 15 is 0 Å². The van der Waals surface area contributed by atoms with Gasteiger partial charge in [-0.1, -0.05) is 6.92 Å². The number of phenols is 1. The predicted octanol–water partition coefficient (Wildman–Crippen LogP) is 2.90. The van der Waals surface area contributed by atoms with E-state index in [1.807, 2.05) is 0 Å². The minimum absolute atomic E-state index is 0.153. The van der Waals surface area contributed by atoms with Crippen LogP contribution in [0.25, 0.3) is 5.76 Å². The smallest absolute Gasteiger partial charge is 0.417 e. The van der Waals surface area contributed by atoms with Gasteiger partial charge in [-0.2, -0.15) is 13.2 Å². The highest BCUT2D eigenvalue weighted by atomic mass is 19.4. The van der Waals surface area contributed by atoms with Gasteiger partial charge in [0.25, 0.3) is 0 Å². The van der Waals surface area contributed by atoms with Gasteiger partial charge in [0, 0.05) is 17.5 Å². The number of nitrogens with one attached hydrogen (secondary N) is 1. The maximum atomic E-state index is 14.6. The molecule has 1 saturated heterocycles. The zero-order chi connectivity index (χ0) is 29.5. The van der Waals surface area contributed by atoms with Gasteiger partial charge in [-0.05, 0) is 75.9 Å². The highest BCUT2D eigenvalue weighted by Crippen LogP contribution is 2.55. The van der Waals surface area contributed by atoms with Gasteiger partial charge < -0.3 is 25.7 Å². The molecule has 0 spiro atoms. The van der Waals surface area contributed by atoms with Crippen LogP contribution >= 0.6 is 0 Å². The number of aromatic hydroxyl groups is 1. The molecule has 1 saturated carbocycles. The van der Waals surface area contributed by atoms with Gasteiger partial charge in [0.1, 0.15) is 22.8 Å². The third-order valence-electron chi connectivity index (χ3n) is 9.00. The average Bonchev–Trinajstić information content (AvgIpc) is 3.39. The summed E-state index contributed by atoms with van der Waals surface area (Å²) in [6.45, 7) is 3.47. The summed E-state index contributed by atoms with van der Waals surface area (Å²) in [5.74, 6) is -7.97. The normalized spacial score (nSPS) is 30.5. The first-order valence-electron chi connectivity index (χ1n) is 13.2. The van der Waals surface area contributed by atoms with Crippen LogP contribution in [0.4, 0.5) is 13.2 Å². The molecule has 12 heteroatoms. The predicted molar refractivity (Wildman–Crippen MR) is 135 cm³/mol. The minimum Gasteiger partial charge on any atom is -0.508 e. The molecule has 3 aliphatic carbocycles. The molecular weight excluding hydrogens is 533 g/mol. The Morgan fingerprint density at radius 3 is 2.45 bits per heavy atom. The van der Waals surface area contributed by atoms with Gasteiger partial charge in [0.15, 0.2) is 17.2 Å². The number of Topliss-reactive ketones (excluding diaryl/α,β-unsaturated/α-hetero) is 3. The molecule has 1 aromatic carbocycles.